The summed E-state index contributed by atoms with van der Waals surface area (Å²) in [4.78, 5) is 0.254. The third-order valence-corrected chi connectivity index (χ3v) is 6.05. The summed E-state index contributed by atoms with van der Waals surface area (Å²) >= 11 is 0. The molecule has 0 aliphatic rings. The SMILES string of the molecule is CC(C)NS(=O)(=O)c1ccc(NCCC(C)S(C)=O)cc1. The fourth-order valence-corrected chi connectivity index (χ4v) is 3.42. The van der Waals surface area contributed by atoms with E-state index in [1.807, 2.05) is 6.92 Å². The van der Waals surface area contributed by atoms with Crippen LogP contribution in [0.25, 0.3) is 0 Å². The standard InChI is InChI=1S/C14H24N2O3S2/c1-11(2)16-21(18,19)14-7-5-13(6-8-14)15-10-9-12(3)20(4)17/h5-8,11-12,15-16H,9-10H2,1-4H3. The lowest BCUT2D eigenvalue weighted by atomic mass is 10.3. The third kappa shape index (κ3) is 6.15. The van der Waals surface area contributed by atoms with E-state index in [0.717, 1.165) is 12.1 Å². The first-order valence-electron chi connectivity index (χ1n) is 6.91. The van der Waals surface area contributed by atoms with E-state index in [9.17, 15) is 12.6 Å². The maximum absolute atomic E-state index is 12.0. The second-order valence-corrected chi connectivity index (χ2v) is 8.84. The van der Waals surface area contributed by atoms with Gasteiger partial charge >= 0.3 is 0 Å². The molecule has 0 saturated heterocycles. The highest BCUT2D eigenvalue weighted by molar-refractivity contribution is 7.89. The van der Waals surface area contributed by atoms with Crippen molar-refractivity contribution in [1.29, 1.82) is 0 Å². The Hall–Kier alpha value is -0.920. The van der Waals surface area contributed by atoms with Gasteiger partial charge in [0.15, 0.2) is 0 Å². The van der Waals surface area contributed by atoms with Gasteiger partial charge in [0.05, 0.1) is 4.90 Å². The van der Waals surface area contributed by atoms with Crippen LogP contribution in [0, 0.1) is 0 Å². The average Bonchev–Trinajstić information content (AvgIpc) is 2.37. The molecule has 0 bridgehead atoms. The molecule has 5 nitrogen and oxygen atoms in total. The Labute approximate surface area is 130 Å². The fourth-order valence-electron chi connectivity index (χ4n) is 1.72. The predicted octanol–water partition coefficient (Wildman–Crippen LogP) is 1.94. The molecule has 1 aromatic rings. The van der Waals surface area contributed by atoms with Crippen molar-refractivity contribution in [3.05, 3.63) is 24.3 Å². The molecular formula is C14H24N2O3S2. The second-order valence-electron chi connectivity index (χ2n) is 5.33. The minimum absolute atomic E-state index is 0.135. The molecule has 0 spiro atoms. The summed E-state index contributed by atoms with van der Waals surface area (Å²) in [6.07, 6.45) is 2.50. The number of rotatable bonds is 8. The molecule has 0 saturated carbocycles. The van der Waals surface area contributed by atoms with E-state index in [-0.39, 0.29) is 16.2 Å². The monoisotopic (exact) mass is 332 g/mol. The van der Waals surface area contributed by atoms with Gasteiger partial charge in [0.1, 0.15) is 0 Å². The predicted molar refractivity (Wildman–Crippen MR) is 88.5 cm³/mol. The Kier molecular flexibility index (Phi) is 6.83. The van der Waals surface area contributed by atoms with Crippen LogP contribution in [-0.4, -0.2) is 36.7 Å². The summed E-state index contributed by atoms with van der Waals surface area (Å²) in [5.41, 5.74) is 0.854. The smallest absolute Gasteiger partial charge is 0.240 e. The van der Waals surface area contributed by atoms with Crippen LogP contribution < -0.4 is 10.0 Å². The van der Waals surface area contributed by atoms with Crippen LogP contribution in [0.1, 0.15) is 27.2 Å². The van der Waals surface area contributed by atoms with Gasteiger partial charge in [0.2, 0.25) is 10.0 Å². The molecule has 1 rings (SSSR count). The van der Waals surface area contributed by atoms with Gasteiger partial charge in [-0.2, -0.15) is 0 Å². The molecule has 0 heterocycles. The minimum Gasteiger partial charge on any atom is -0.385 e. The second kappa shape index (κ2) is 7.91. The molecule has 0 radical (unpaired) electrons. The molecule has 2 atom stereocenters. The van der Waals surface area contributed by atoms with Crippen LogP contribution in [0.15, 0.2) is 29.2 Å². The fraction of sp³-hybridized carbons (Fsp3) is 0.571. The van der Waals surface area contributed by atoms with Gasteiger partial charge in [0, 0.05) is 40.6 Å². The minimum atomic E-state index is -3.44. The Morgan fingerprint density at radius 2 is 1.71 bits per heavy atom. The molecular weight excluding hydrogens is 308 g/mol. The Balaban J connectivity index is 2.60. The Bertz CT molecular complexity index is 568. The first-order valence-corrected chi connectivity index (χ1v) is 10.0. The average molecular weight is 332 g/mol. The summed E-state index contributed by atoms with van der Waals surface area (Å²) in [7, 11) is -4.26. The molecule has 2 N–H and O–H groups in total. The van der Waals surface area contributed by atoms with Crippen LogP contribution in [0.5, 0.6) is 0 Å². The van der Waals surface area contributed by atoms with Crippen molar-refractivity contribution in [1.82, 2.24) is 4.72 Å². The topological polar surface area (TPSA) is 75.3 Å². The molecule has 21 heavy (non-hydrogen) atoms. The number of anilines is 1. The maximum Gasteiger partial charge on any atom is 0.240 e. The highest BCUT2D eigenvalue weighted by atomic mass is 32.2. The van der Waals surface area contributed by atoms with Gasteiger partial charge in [-0.1, -0.05) is 6.92 Å². The van der Waals surface area contributed by atoms with Crippen LogP contribution in [0.2, 0.25) is 0 Å². The number of nitrogens with one attached hydrogen (secondary N) is 2. The zero-order valence-electron chi connectivity index (χ0n) is 12.9. The van der Waals surface area contributed by atoms with Gasteiger partial charge in [-0.25, -0.2) is 13.1 Å². The van der Waals surface area contributed by atoms with E-state index in [2.05, 4.69) is 10.0 Å². The maximum atomic E-state index is 12.0. The lowest BCUT2D eigenvalue weighted by molar-refractivity contribution is 0.570. The summed E-state index contributed by atoms with van der Waals surface area (Å²) in [6.45, 7) is 6.22. The molecule has 0 aliphatic carbocycles. The van der Waals surface area contributed by atoms with Crippen LogP contribution >= 0.6 is 0 Å². The van der Waals surface area contributed by atoms with Crippen molar-refractivity contribution in [3.8, 4) is 0 Å². The lowest BCUT2D eigenvalue weighted by Gasteiger charge is -2.12. The first kappa shape index (κ1) is 18.1. The van der Waals surface area contributed by atoms with E-state index in [1.54, 1.807) is 44.4 Å². The zero-order valence-corrected chi connectivity index (χ0v) is 14.6. The van der Waals surface area contributed by atoms with Gasteiger partial charge in [-0.3, -0.25) is 4.21 Å². The number of sulfonamides is 1. The molecule has 1 aromatic carbocycles. The molecule has 0 amide bonds. The first-order chi connectivity index (χ1) is 9.72. The summed E-state index contributed by atoms with van der Waals surface area (Å²) < 4.78 is 37.7. The van der Waals surface area contributed by atoms with Crippen molar-refractivity contribution < 1.29 is 12.6 Å². The van der Waals surface area contributed by atoms with E-state index < -0.39 is 20.8 Å². The third-order valence-electron chi connectivity index (χ3n) is 3.00. The normalized spacial score (nSPS) is 14.9. The Morgan fingerprint density at radius 1 is 1.14 bits per heavy atom. The highest BCUT2D eigenvalue weighted by Crippen LogP contribution is 2.14. The number of benzene rings is 1. The van der Waals surface area contributed by atoms with Gasteiger partial charge in [0.25, 0.3) is 0 Å². The summed E-state index contributed by atoms with van der Waals surface area (Å²) in [5, 5.41) is 3.35. The van der Waals surface area contributed by atoms with E-state index in [1.165, 1.54) is 0 Å². The number of hydrogen-bond acceptors (Lipinski definition) is 4. The molecule has 0 aliphatic heterocycles. The van der Waals surface area contributed by atoms with Gasteiger partial charge < -0.3 is 5.32 Å². The summed E-state index contributed by atoms with van der Waals surface area (Å²) in [5.74, 6) is 0. The van der Waals surface area contributed by atoms with Crippen LogP contribution in [0.4, 0.5) is 5.69 Å². The molecule has 2 unspecified atom stereocenters. The van der Waals surface area contributed by atoms with Gasteiger partial charge in [-0.05, 0) is 44.5 Å². The molecule has 0 aromatic heterocycles. The zero-order chi connectivity index (χ0) is 16.0. The van der Waals surface area contributed by atoms with E-state index >= 15 is 0 Å². The quantitative estimate of drug-likeness (QED) is 0.763. The molecule has 7 heteroatoms. The van der Waals surface area contributed by atoms with E-state index in [0.29, 0.717) is 6.54 Å². The van der Waals surface area contributed by atoms with Crippen molar-refractivity contribution in [3.63, 3.8) is 0 Å². The largest absolute Gasteiger partial charge is 0.385 e. The number of hydrogen-bond donors (Lipinski definition) is 2. The summed E-state index contributed by atoms with van der Waals surface area (Å²) in [6, 6.07) is 6.50. The van der Waals surface area contributed by atoms with Crippen molar-refractivity contribution in [2.24, 2.45) is 0 Å². The Morgan fingerprint density at radius 3 is 2.19 bits per heavy atom. The van der Waals surface area contributed by atoms with Crippen molar-refractivity contribution >= 4 is 26.5 Å². The molecule has 120 valence electrons. The van der Waals surface area contributed by atoms with Crippen molar-refractivity contribution in [2.75, 3.05) is 18.1 Å². The van der Waals surface area contributed by atoms with Crippen LogP contribution in [-0.2, 0) is 20.8 Å². The highest BCUT2D eigenvalue weighted by Gasteiger charge is 2.14. The van der Waals surface area contributed by atoms with Gasteiger partial charge in [-0.15, -0.1) is 0 Å². The molecule has 0 fully saturated rings. The van der Waals surface area contributed by atoms with Crippen LogP contribution in [0.3, 0.4) is 0 Å². The lowest BCUT2D eigenvalue weighted by Crippen LogP contribution is -2.30. The van der Waals surface area contributed by atoms with Crippen molar-refractivity contribution in [2.45, 2.75) is 43.4 Å². The van der Waals surface area contributed by atoms with E-state index in [4.69, 9.17) is 0 Å².